The molecule has 0 bridgehead atoms. The number of amides is 1. The third kappa shape index (κ3) is 2.30. The quantitative estimate of drug-likeness (QED) is 0.866. The van der Waals surface area contributed by atoms with Gasteiger partial charge in [-0.15, -0.1) is 0 Å². The fourth-order valence-electron chi connectivity index (χ4n) is 2.11. The predicted octanol–water partition coefficient (Wildman–Crippen LogP) is 0.702. The summed E-state index contributed by atoms with van der Waals surface area (Å²) in [5, 5.41) is 8.12. The number of nitrogens with one attached hydrogen (secondary N) is 1. The molecular weight excluding hydrogens is 240 g/mol. The van der Waals surface area contributed by atoms with Crippen LogP contribution in [-0.4, -0.2) is 40.2 Å². The first-order chi connectivity index (χ1) is 8.00. The Labute approximate surface area is 106 Å². The van der Waals surface area contributed by atoms with E-state index in [0.717, 1.165) is 24.2 Å². The Hall–Kier alpha value is -1.07. The molecule has 1 amide bonds. The van der Waals surface area contributed by atoms with Gasteiger partial charge in [0.05, 0.1) is 11.7 Å². The first kappa shape index (κ1) is 12.4. The highest BCUT2D eigenvalue weighted by atomic mass is 35.5. The highest BCUT2D eigenvalue weighted by Crippen LogP contribution is 2.19. The second-order valence-electron chi connectivity index (χ2n) is 4.46. The van der Waals surface area contributed by atoms with Gasteiger partial charge < -0.3 is 10.2 Å². The third-order valence-electron chi connectivity index (χ3n) is 3.22. The number of likely N-dealkylation sites (N-methyl/N-ethyl adjacent to an activating group) is 1. The maximum absolute atomic E-state index is 11.7. The number of aromatic nitrogens is 2. The van der Waals surface area contributed by atoms with E-state index in [4.69, 9.17) is 11.6 Å². The lowest BCUT2D eigenvalue weighted by atomic mass is 10.2. The second-order valence-corrected chi connectivity index (χ2v) is 4.82. The number of halogens is 1. The van der Waals surface area contributed by atoms with Crippen LogP contribution in [-0.2, 0) is 18.4 Å². The highest BCUT2D eigenvalue weighted by molar-refractivity contribution is 6.30. The number of nitrogens with zero attached hydrogens (tertiary/aromatic N) is 3. The zero-order valence-corrected chi connectivity index (χ0v) is 11.1. The summed E-state index contributed by atoms with van der Waals surface area (Å²) in [4.78, 5) is 13.5. The van der Waals surface area contributed by atoms with Crippen molar-refractivity contribution in [2.45, 2.75) is 25.9 Å². The van der Waals surface area contributed by atoms with Crippen LogP contribution in [0.25, 0.3) is 0 Å². The molecule has 0 aliphatic carbocycles. The van der Waals surface area contributed by atoms with Crippen LogP contribution < -0.4 is 5.32 Å². The van der Waals surface area contributed by atoms with Gasteiger partial charge >= 0.3 is 0 Å². The van der Waals surface area contributed by atoms with Gasteiger partial charge in [0.15, 0.2) is 0 Å². The number of rotatable bonds is 3. The molecule has 1 N–H and O–H groups in total. The molecule has 1 unspecified atom stereocenters. The monoisotopic (exact) mass is 256 g/mol. The summed E-state index contributed by atoms with van der Waals surface area (Å²) in [7, 11) is 3.64. The van der Waals surface area contributed by atoms with Crippen LogP contribution in [0.1, 0.15) is 17.7 Å². The average molecular weight is 257 g/mol. The van der Waals surface area contributed by atoms with Gasteiger partial charge in [-0.3, -0.25) is 9.48 Å². The van der Waals surface area contributed by atoms with E-state index in [1.54, 1.807) is 9.58 Å². The van der Waals surface area contributed by atoms with Crippen LogP contribution in [0.2, 0.25) is 5.15 Å². The molecule has 1 aliphatic rings. The van der Waals surface area contributed by atoms with E-state index < -0.39 is 0 Å². The SMILES string of the molecule is Cc1nn(C)c(Cl)c1CNC1CCN(C)C1=O. The standard InChI is InChI=1S/C11H17ClN4O/c1-7-8(10(12)16(3)14-7)6-13-9-4-5-15(2)11(9)17/h9,13H,4-6H2,1-3H3. The van der Waals surface area contributed by atoms with E-state index in [0.29, 0.717) is 11.7 Å². The Balaban J connectivity index is 2.01. The summed E-state index contributed by atoms with van der Waals surface area (Å²) in [6.45, 7) is 3.32. The minimum absolute atomic E-state index is 0.0873. The Kier molecular flexibility index (Phi) is 3.40. The van der Waals surface area contributed by atoms with E-state index in [1.807, 2.05) is 21.0 Å². The van der Waals surface area contributed by atoms with Gasteiger partial charge in [-0.05, 0) is 13.3 Å². The Morgan fingerprint density at radius 3 is 2.71 bits per heavy atom. The van der Waals surface area contributed by atoms with E-state index in [2.05, 4.69) is 10.4 Å². The minimum Gasteiger partial charge on any atom is -0.344 e. The topological polar surface area (TPSA) is 50.2 Å². The van der Waals surface area contributed by atoms with Crippen molar-refractivity contribution in [3.8, 4) is 0 Å². The molecule has 1 fully saturated rings. The Bertz CT molecular complexity index is 443. The van der Waals surface area contributed by atoms with Gasteiger partial charge in [0, 0.05) is 32.7 Å². The Morgan fingerprint density at radius 2 is 2.24 bits per heavy atom. The van der Waals surface area contributed by atoms with Crippen LogP contribution in [0.3, 0.4) is 0 Å². The average Bonchev–Trinajstić information content (AvgIpc) is 2.71. The van der Waals surface area contributed by atoms with Gasteiger partial charge in [-0.2, -0.15) is 5.10 Å². The van der Waals surface area contributed by atoms with Crippen molar-refractivity contribution < 1.29 is 4.79 Å². The number of likely N-dealkylation sites (tertiary alicyclic amines) is 1. The minimum atomic E-state index is -0.0873. The maximum atomic E-state index is 11.7. The lowest BCUT2D eigenvalue weighted by Gasteiger charge is -2.12. The molecule has 2 heterocycles. The van der Waals surface area contributed by atoms with Gasteiger partial charge in [0.1, 0.15) is 5.15 Å². The largest absolute Gasteiger partial charge is 0.344 e. The molecule has 0 saturated carbocycles. The molecule has 5 nitrogen and oxygen atoms in total. The molecule has 2 rings (SSSR count). The van der Waals surface area contributed by atoms with Gasteiger partial charge in [0.2, 0.25) is 5.91 Å². The van der Waals surface area contributed by atoms with Gasteiger partial charge in [-0.1, -0.05) is 11.6 Å². The fraction of sp³-hybridized carbons (Fsp3) is 0.636. The molecule has 0 spiro atoms. The number of hydrogen-bond donors (Lipinski definition) is 1. The van der Waals surface area contributed by atoms with E-state index in [9.17, 15) is 4.79 Å². The van der Waals surface area contributed by atoms with E-state index >= 15 is 0 Å². The van der Waals surface area contributed by atoms with E-state index in [-0.39, 0.29) is 11.9 Å². The smallest absolute Gasteiger partial charge is 0.239 e. The van der Waals surface area contributed by atoms with Crippen molar-refractivity contribution in [1.82, 2.24) is 20.0 Å². The van der Waals surface area contributed by atoms with Crippen LogP contribution in [0.15, 0.2) is 0 Å². The van der Waals surface area contributed by atoms with Crippen molar-refractivity contribution >= 4 is 17.5 Å². The summed E-state index contributed by atoms with van der Waals surface area (Å²) in [5.74, 6) is 0.155. The van der Waals surface area contributed by atoms with Crippen molar-refractivity contribution in [2.24, 2.45) is 7.05 Å². The first-order valence-corrected chi connectivity index (χ1v) is 6.05. The molecule has 0 aromatic carbocycles. The zero-order chi connectivity index (χ0) is 12.6. The molecule has 1 aromatic rings. The van der Waals surface area contributed by atoms with Gasteiger partial charge in [0.25, 0.3) is 0 Å². The number of carbonyl (C=O) groups excluding carboxylic acids is 1. The summed E-state index contributed by atoms with van der Waals surface area (Å²) in [6, 6.07) is -0.0873. The molecule has 94 valence electrons. The van der Waals surface area contributed by atoms with Crippen LogP contribution in [0.5, 0.6) is 0 Å². The normalized spacial score (nSPS) is 20.4. The lowest BCUT2D eigenvalue weighted by Crippen LogP contribution is -2.36. The van der Waals surface area contributed by atoms with Crippen LogP contribution >= 0.6 is 11.6 Å². The maximum Gasteiger partial charge on any atom is 0.239 e. The molecular formula is C11H17ClN4O. The molecule has 1 saturated heterocycles. The molecule has 0 radical (unpaired) electrons. The molecule has 1 aromatic heterocycles. The molecule has 17 heavy (non-hydrogen) atoms. The summed E-state index contributed by atoms with van der Waals surface area (Å²) < 4.78 is 1.65. The van der Waals surface area contributed by atoms with E-state index in [1.165, 1.54) is 0 Å². The Morgan fingerprint density at radius 1 is 1.53 bits per heavy atom. The summed E-state index contributed by atoms with van der Waals surface area (Å²) in [6.07, 6.45) is 0.853. The third-order valence-corrected chi connectivity index (χ3v) is 3.70. The van der Waals surface area contributed by atoms with Gasteiger partial charge in [-0.25, -0.2) is 0 Å². The van der Waals surface area contributed by atoms with Crippen molar-refractivity contribution in [2.75, 3.05) is 13.6 Å². The van der Waals surface area contributed by atoms with Crippen molar-refractivity contribution in [3.63, 3.8) is 0 Å². The fourth-order valence-corrected chi connectivity index (χ4v) is 2.35. The second kappa shape index (κ2) is 4.66. The highest BCUT2D eigenvalue weighted by Gasteiger charge is 2.28. The molecule has 6 heteroatoms. The van der Waals surface area contributed by atoms with Crippen molar-refractivity contribution in [1.29, 1.82) is 0 Å². The number of carbonyl (C=O) groups is 1. The molecule has 1 aliphatic heterocycles. The summed E-state index contributed by atoms with van der Waals surface area (Å²) in [5.41, 5.74) is 1.88. The summed E-state index contributed by atoms with van der Waals surface area (Å²) >= 11 is 6.13. The lowest BCUT2D eigenvalue weighted by molar-refractivity contribution is -0.128. The van der Waals surface area contributed by atoms with Crippen molar-refractivity contribution in [3.05, 3.63) is 16.4 Å². The number of aryl methyl sites for hydroxylation is 2. The first-order valence-electron chi connectivity index (χ1n) is 5.67. The van der Waals surface area contributed by atoms with Crippen LogP contribution in [0, 0.1) is 6.92 Å². The predicted molar refractivity (Wildman–Crippen MR) is 65.8 cm³/mol. The number of hydrogen-bond acceptors (Lipinski definition) is 3. The molecule has 1 atom stereocenters. The van der Waals surface area contributed by atoms with Crippen LogP contribution in [0.4, 0.5) is 0 Å². The zero-order valence-electron chi connectivity index (χ0n) is 10.3.